The Balaban J connectivity index is 2.11. The summed E-state index contributed by atoms with van der Waals surface area (Å²) < 4.78 is 2.43. The lowest BCUT2D eigenvalue weighted by atomic mass is 10.0. The van der Waals surface area contributed by atoms with Crippen LogP contribution in [0.1, 0.15) is 63.1 Å². The second-order valence-electron chi connectivity index (χ2n) is 5.92. The van der Waals surface area contributed by atoms with Gasteiger partial charge in [0.25, 0.3) is 0 Å². The Morgan fingerprint density at radius 2 is 2.22 bits per heavy atom. The van der Waals surface area contributed by atoms with Gasteiger partial charge in [0, 0.05) is 25.0 Å². The first-order chi connectivity index (χ1) is 8.74. The molecule has 0 amide bonds. The van der Waals surface area contributed by atoms with E-state index in [1.54, 1.807) is 11.1 Å². The lowest BCUT2D eigenvalue weighted by molar-refractivity contribution is 0.444. The summed E-state index contributed by atoms with van der Waals surface area (Å²) in [7, 11) is 2.09. The minimum atomic E-state index is 0.574. The maximum atomic E-state index is 3.48. The molecule has 1 aliphatic carbocycles. The number of fused-ring (bicyclic) bond motifs is 1. The second kappa shape index (κ2) is 6.42. The van der Waals surface area contributed by atoms with Gasteiger partial charge in [0.15, 0.2) is 0 Å². The Hall–Kier alpha value is -0.760. The first kappa shape index (κ1) is 13.7. The van der Waals surface area contributed by atoms with Gasteiger partial charge in [-0.1, -0.05) is 26.7 Å². The number of aromatic nitrogens is 1. The van der Waals surface area contributed by atoms with Gasteiger partial charge >= 0.3 is 0 Å². The molecular weight excluding hydrogens is 220 g/mol. The van der Waals surface area contributed by atoms with Crippen molar-refractivity contribution in [2.45, 2.75) is 65.0 Å². The Kier molecular flexibility index (Phi) is 4.87. The molecule has 2 nitrogen and oxygen atoms in total. The maximum Gasteiger partial charge on any atom is 0.0335 e. The number of aryl methyl sites for hydroxylation is 1. The molecular formula is C16H28N2. The average Bonchev–Trinajstić information content (AvgIpc) is 2.63. The van der Waals surface area contributed by atoms with E-state index >= 15 is 0 Å². The maximum absolute atomic E-state index is 3.48. The molecule has 0 radical (unpaired) electrons. The van der Waals surface area contributed by atoms with E-state index in [-0.39, 0.29) is 0 Å². The van der Waals surface area contributed by atoms with Crippen molar-refractivity contribution in [2.75, 3.05) is 7.05 Å². The van der Waals surface area contributed by atoms with E-state index in [0.717, 1.165) is 5.92 Å². The van der Waals surface area contributed by atoms with Crippen molar-refractivity contribution in [2.24, 2.45) is 5.92 Å². The Labute approximate surface area is 112 Å². The standard InChI is InChI=1S/C16H28N2/c1-4-7-13(2)10-18-11-14-8-5-6-9-16(17-3)15(14)12-18/h11-13,16-17H,4-10H2,1-3H3. The topological polar surface area (TPSA) is 17.0 Å². The minimum Gasteiger partial charge on any atom is -0.353 e. The van der Waals surface area contributed by atoms with Gasteiger partial charge in [0.05, 0.1) is 0 Å². The van der Waals surface area contributed by atoms with E-state index < -0.39 is 0 Å². The molecule has 0 saturated heterocycles. The summed E-state index contributed by atoms with van der Waals surface area (Å²) in [6.07, 6.45) is 12.7. The average molecular weight is 248 g/mol. The number of hydrogen-bond acceptors (Lipinski definition) is 1. The van der Waals surface area contributed by atoms with Crippen molar-refractivity contribution in [1.29, 1.82) is 0 Å². The van der Waals surface area contributed by atoms with Gasteiger partial charge in [0.2, 0.25) is 0 Å². The fraction of sp³-hybridized carbons (Fsp3) is 0.750. The summed E-state index contributed by atoms with van der Waals surface area (Å²) in [4.78, 5) is 0. The zero-order valence-electron chi connectivity index (χ0n) is 12.2. The van der Waals surface area contributed by atoms with Crippen molar-refractivity contribution in [1.82, 2.24) is 9.88 Å². The molecule has 0 aliphatic heterocycles. The van der Waals surface area contributed by atoms with Crippen molar-refractivity contribution >= 4 is 0 Å². The van der Waals surface area contributed by atoms with Gasteiger partial charge in [-0.05, 0) is 49.8 Å². The van der Waals surface area contributed by atoms with Crippen molar-refractivity contribution in [3.8, 4) is 0 Å². The van der Waals surface area contributed by atoms with Gasteiger partial charge in [-0.15, -0.1) is 0 Å². The van der Waals surface area contributed by atoms with Crippen LogP contribution in [0.15, 0.2) is 12.4 Å². The molecule has 18 heavy (non-hydrogen) atoms. The molecule has 1 aliphatic rings. The lowest BCUT2D eigenvalue weighted by Crippen LogP contribution is -2.15. The highest BCUT2D eigenvalue weighted by molar-refractivity contribution is 5.29. The first-order valence-electron chi connectivity index (χ1n) is 7.60. The fourth-order valence-electron chi connectivity index (χ4n) is 3.26. The van der Waals surface area contributed by atoms with Crippen LogP contribution in [0, 0.1) is 5.92 Å². The number of hydrogen-bond donors (Lipinski definition) is 1. The normalized spacial score (nSPS) is 21.4. The van der Waals surface area contributed by atoms with Gasteiger partial charge in [-0.3, -0.25) is 0 Å². The monoisotopic (exact) mass is 248 g/mol. The number of nitrogens with zero attached hydrogens (tertiary/aromatic N) is 1. The molecule has 2 rings (SSSR count). The highest BCUT2D eigenvalue weighted by Crippen LogP contribution is 2.29. The molecule has 0 spiro atoms. The SMILES string of the molecule is CCCC(C)Cn1cc2c(c1)C(NC)CCCC2. The molecule has 0 saturated carbocycles. The van der Waals surface area contributed by atoms with Gasteiger partial charge < -0.3 is 9.88 Å². The zero-order chi connectivity index (χ0) is 13.0. The molecule has 102 valence electrons. The minimum absolute atomic E-state index is 0.574. The van der Waals surface area contributed by atoms with Crippen LogP contribution in [0.25, 0.3) is 0 Å². The third kappa shape index (κ3) is 3.17. The molecule has 2 unspecified atom stereocenters. The smallest absolute Gasteiger partial charge is 0.0335 e. The van der Waals surface area contributed by atoms with Crippen LogP contribution >= 0.6 is 0 Å². The summed E-state index contributed by atoms with van der Waals surface area (Å²) >= 11 is 0. The lowest BCUT2D eigenvalue weighted by Gasteiger charge is -2.14. The Morgan fingerprint density at radius 1 is 1.39 bits per heavy atom. The van der Waals surface area contributed by atoms with E-state index in [1.165, 1.54) is 45.1 Å². The van der Waals surface area contributed by atoms with Crippen molar-refractivity contribution < 1.29 is 0 Å². The molecule has 1 aromatic rings. The van der Waals surface area contributed by atoms with E-state index in [1.807, 2.05) is 0 Å². The Morgan fingerprint density at radius 3 is 2.94 bits per heavy atom. The van der Waals surface area contributed by atoms with Crippen LogP contribution in [0.5, 0.6) is 0 Å². The van der Waals surface area contributed by atoms with Gasteiger partial charge in [-0.2, -0.15) is 0 Å². The summed E-state index contributed by atoms with van der Waals surface area (Å²) in [5, 5.41) is 3.48. The molecule has 1 aromatic heterocycles. The quantitative estimate of drug-likeness (QED) is 0.782. The Bertz CT molecular complexity index is 367. The largest absolute Gasteiger partial charge is 0.353 e. The van der Waals surface area contributed by atoms with Crippen LogP contribution in [0.2, 0.25) is 0 Å². The molecule has 0 aromatic carbocycles. The third-order valence-corrected chi connectivity index (χ3v) is 4.21. The molecule has 0 fully saturated rings. The van der Waals surface area contributed by atoms with E-state index in [4.69, 9.17) is 0 Å². The molecule has 1 heterocycles. The molecule has 1 N–H and O–H groups in total. The summed E-state index contributed by atoms with van der Waals surface area (Å²) in [6, 6.07) is 0.574. The third-order valence-electron chi connectivity index (χ3n) is 4.21. The predicted molar refractivity (Wildman–Crippen MR) is 77.9 cm³/mol. The summed E-state index contributed by atoms with van der Waals surface area (Å²) in [5.74, 6) is 0.791. The van der Waals surface area contributed by atoms with Crippen LogP contribution in [-0.2, 0) is 13.0 Å². The van der Waals surface area contributed by atoms with Crippen LogP contribution < -0.4 is 5.32 Å². The highest BCUT2D eigenvalue weighted by atomic mass is 15.0. The molecule has 2 atom stereocenters. The van der Waals surface area contributed by atoms with E-state index in [9.17, 15) is 0 Å². The van der Waals surface area contributed by atoms with Crippen molar-refractivity contribution in [3.63, 3.8) is 0 Å². The van der Waals surface area contributed by atoms with E-state index in [2.05, 4.69) is 43.2 Å². The number of rotatable bonds is 5. The molecule has 0 bridgehead atoms. The fourth-order valence-corrected chi connectivity index (χ4v) is 3.26. The first-order valence-corrected chi connectivity index (χ1v) is 7.60. The van der Waals surface area contributed by atoms with Crippen LogP contribution in [0.3, 0.4) is 0 Å². The van der Waals surface area contributed by atoms with E-state index in [0.29, 0.717) is 6.04 Å². The van der Waals surface area contributed by atoms with Crippen LogP contribution in [-0.4, -0.2) is 11.6 Å². The number of nitrogens with one attached hydrogen (secondary N) is 1. The highest BCUT2D eigenvalue weighted by Gasteiger charge is 2.19. The van der Waals surface area contributed by atoms with Gasteiger partial charge in [-0.25, -0.2) is 0 Å². The van der Waals surface area contributed by atoms with Gasteiger partial charge in [0.1, 0.15) is 0 Å². The predicted octanol–water partition coefficient (Wildman–Crippen LogP) is 3.91. The van der Waals surface area contributed by atoms with Crippen molar-refractivity contribution in [3.05, 3.63) is 23.5 Å². The summed E-state index contributed by atoms with van der Waals surface area (Å²) in [5.41, 5.74) is 3.13. The van der Waals surface area contributed by atoms with Crippen LogP contribution in [0.4, 0.5) is 0 Å². The summed E-state index contributed by atoms with van der Waals surface area (Å²) in [6.45, 7) is 5.82. The molecule has 2 heteroatoms. The second-order valence-corrected chi connectivity index (χ2v) is 5.92. The zero-order valence-corrected chi connectivity index (χ0v) is 12.2.